The molecular weight excluding hydrogens is 244 g/mol. The van der Waals surface area contributed by atoms with Gasteiger partial charge in [-0.05, 0) is 22.3 Å². The van der Waals surface area contributed by atoms with E-state index in [1.54, 1.807) is 0 Å². The molecule has 0 aliphatic carbocycles. The standard InChI is InChI=1S/C13H16N4O2/c1-2-6-10(9-7-4-3-5-8-9)15-13(18)11-12(14)17-19-16-11/h3-5,7-8,10H,2,6H2,1H3,(H2,14,17)(H,15,18). The fourth-order valence-corrected chi connectivity index (χ4v) is 1.88. The molecule has 0 aliphatic rings. The number of anilines is 1. The van der Waals surface area contributed by atoms with Crippen LogP contribution in [0.15, 0.2) is 35.0 Å². The van der Waals surface area contributed by atoms with Gasteiger partial charge in [-0.15, -0.1) is 0 Å². The van der Waals surface area contributed by atoms with E-state index >= 15 is 0 Å². The highest BCUT2D eigenvalue weighted by Crippen LogP contribution is 2.19. The van der Waals surface area contributed by atoms with Gasteiger partial charge in [-0.2, -0.15) is 0 Å². The van der Waals surface area contributed by atoms with Crippen LogP contribution in [0.2, 0.25) is 0 Å². The summed E-state index contributed by atoms with van der Waals surface area (Å²) in [6.07, 6.45) is 1.79. The largest absolute Gasteiger partial charge is 0.379 e. The SMILES string of the molecule is CCCC(NC(=O)c1nonc1N)c1ccccc1. The fraction of sp³-hybridized carbons (Fsp3) is 0.308. The average Bonchev–Trinajstić information content (AvgIpc) is 2.85. The molecule has 0 aliphatic heterocycles. The molecule has 2 rings (SSSR count). The molecule has 6 nitrogen and oxygen atoms in total. The molecule has 3 N–H and O–H groups in total. The monoisotopic (exact) mass is 260 g/mol. The minimum absolute atomic E-state index is 0.000750. The second kappa shape index (κ2) is 5.99. The first kappa shape index (κ1) is 13.1. The highest BCUT2D eigenvalue weighted by Gasteiger charge is 2.20. The Bertz CT molecular complexity index is 539. The van der Waals surface area contributed by atoms with Gasteiger partial charge >= 0.3 is 0 Å². The van der Waals surface area contributed by atoms with Gasteiger partial charge in [0.25, 0.3) is 5.91 Å². The quantitative estimate of drug-likeness (QED) is 0.856. The maximum absolute atomic E-state index is 12.0. The van der Waals surface area contributed by atoms with Crippen LogP contribution in [-0.2, 0) is 0 Å². The third-order valence-electron chi connectivity index (χ3n) is 2.81. The number of nitrogens with zero attached hydrogens (tertiary/aromatic N) is 2. The maximum atomic E-state index is 12.0. The van der Waals surface area contributed by atoms with Gasteiger partial charge in [0, 0.05) is 0 Å². The minimum Gasteiger partial charge on any atom is -0.379 e. The molecule has 1 unspecified atom stereocenters. The molecule has 1 aromatic carbocycles. The molecule has 100 valence electrons. The van der Waals surface area contributed by atoms with Gasteiger partial charge in [-0.3, -0.25) is 4.79 Å². The summed E-state index contributed by atoms with van der Waals surface area (Å²) >= 11 is 0. The molecular formula is C13H16N4O2. The molecule has 1 heterocycles. The van der Waals surface area contributed by atoms with Crippen molar-refractivity contribution in [3.05, 3.63) is 41.6 Å². The molecule has 1 aromatic heterocycles. The molecule has 1 atom stereocenters. The highest BCUT2D eigenvalue weighted by atomic mass is 16.6. The van der Waals surface area contributed by atoms with Crippen LogP contribution in [0.3, 0.4) is 0 Å². The number of aromatic nitrogens is 2. The Balaban J connectivity index is 2.14. The van der Waals surface area contributed by atoms with E-state index in [1.807, 2.05) is 30.3 Å². The van der Waals surface area contributed by atoms with Crippen LogP contribution >= 0.6 is 0 Å². The zero-order valence-electron chi connectivity index (χ0n) is 10.7. The number of hydrogen-bond acceptors (Lipinski definition) is 5. The number of benzene rings is 1. The van der Waals surface area contributed by atoms with Crippen molar-refractivity contribution in [3.63, 3.8) is 0 Å². The van der Waals surface area contributed by atoms with Crippen LogP contribution in [0.5, 0.6) is 0 Å². The van der Waals surface area contributed by atoms with Crippen molar-refractivity contribution in [2.75, 3.05) is 5.73 Å². The van der Waals surface area contributed by atoms with E-state index in [9.17, 15) is 4.79 Å². The van der Waals surface area contributed by atoms with Crippen molar-refractivity contribution in [2.45, 2.75) is 25.8 Å². The van der Waals surface area contributed by atoms with Crippen LogP contribution < -0.4 is 11.1 Å². The van der Waals surface area contributed by atoms with E-state index < -0.39 is 0 Å². The molecule has 6 heteroatoms. The lowest BCUT2D eigenvalue weighted by molar-refractivity contribution is 0.0925. The Morgan fingerprint density at radius 3 is 2.68 bits per heavy atom. The van der Waals surface area contributed by atoms with Gasteiger partial charge in [0.15, 0.2) is 0 Å². The minimum atomic E-state index is -0.374. The van der Waals surface area contributed by atoms with Gasteiger partial charge in [0.2, 0.25) is 11.5 Å². The lowest BCUT2D eigenvalue weighted by Crippen LogP contribution is -2.29. The van der Waals surface area contributed by atoms with Crippen molar-refractivity contribution in [1.82, 2.24) is 15.6 Å². The van der Waals surface area contributed by atoms with E-state index in [4.69, 9.17) is 5.73 Å². The van der Waals surface area contributed by atoms with Crippen LogP contribution in [0.4, 0.5) is 5.82 Å². The van der Waals surface area contributed by atoms with E-state index in [-0.39, 0.29) is 23.5 Å². The van der Waals surface area contributed by atoms with Crippen molar-refractivity contribution >= 4 is 11.7 Å². The predicted octanol–water partition coefficient (Wildman–Crippen LogP) is 1.92. The van der Waals surface area contributed by atoms with Gasteiger partial charge in [0.05, 0.1) is 6.04 Å². The number of nitrogens with one attached hydrogen (secondary N) is 1. The number of nitrogens with two attached hydrogens (primary N) is 1. The van der Waals surface area contributed by atoms with E-state index in [0.29, 0.717) is 0 Å². The first-order valence-electron chi connectivity index (χ1n) is 6.16. The Labute approximate surface area is 111 Å². The summed E-state index contributed by atoms with van der Waals surface area (Å²) in [5.74, 6) is -0.373. The van der Waals surface area contributed by atoms with E-state index in [2.05, 4.69) is 27.2 Å². The predicted molar refractivity (Wildman–Crippen MR) is 70.3 cm³/mol. The highest BCUT2D eigenvalue weighted by molar-refractivity contribution is 5.96. The number of carbonyl (C=O) groups is 1. The summed E-state index contributed by atoms with van der Waals surface area (Å²) in [5, 5.41) is 9.79. The van der Waals surface area contributed by atoms with Gasteiger partial charge in [0.1, 0.15) is 0 Å². The zero-order valence-corrected chi connectivity index (χ0v) is 10.7. The number of rotatable bonds is 5. The van der Waals surface area contributed by atoms with Gasteiger partial charge in [-0.1, -0.05) is 43.7 Å². The summed E-state index contributed by atoms with van der Waals surface area (Å²) in [7, 11) is 0. The van der Waals surface area contributed by atoms with Gasteiger partial charge < -0.3 is 11.1 Å². The number of nitrogen functional groups attached to an aromatic ring is 1. The topological polar surface area (TPSA) is 94.0 Å². The first-order chi connectivity index (χ1) is 9.22. The number of hydrogen-bond donors (Lipinski definition) is 2. The third kappa shape index (κ3) is 3.09. The molecule has 0 saturated heterocycles. The fourth-order valence-electron chi connectivity index (χ4n) is 1.88. The molecule has 0 radical (unpaired) electrons. The third-order valence-corrected chi connectivity index (χ3v) is 2.81. The summed E-state index contributed by atoms with van der Waals surface area (Å²) in [4.78, 5) is 12.0. The van der Waals surface area contributed by atoms with Crippen molar-refractivity contribution in [2.24, 2.45) is 0 Å². The molecule has 0 saturated carbocycles. The second-order valence-corrected chi connectivity index (χ2v) is 4.22. The maximum Gasteiger partial charge on any atom is 0.277 e. The van der Waals surface area contributed by atoms with E-state index in [1.165, 1.54) is 0 Å². The second-order valence-electron chi connectivity index (χ2n) is 4.22. The number of amides is 1. The molecule has 2 aromatic rings. The first-order valence-corrected chi connectivity index (χ1v) is 6.16. The lowest BCUT2D eigenvalue weighted by Gasteiger charge is -2.17. The zero-order chi connectivity index (χ0) is 13.7. The summed E-state index contributed by atoms with van der Waals surface area (Å²) < 4.78 is 4.43. The van der Waals surface area contributed by atoms with Crippen LogP contribution in [0.1, 0.15) is 41.9 Å². The summed E-state index contributed by atoms with van der Waals surface area (Å²) in [5.41, 5.74) is 6.58. The molecule has 1 amide bonds. The Hall–Kier alpha value is -2.37. The van der Waals surface area contributed by atoms with Crippen LogP contribution in [0, 0.1) is 0 Å². The molecule has 0 bridgehead atoms. The Morgan fingerprint density at radius 1 is 1.37 bits per heavy atom. The smallest absolute Gasteiger partial charge is 0.277 e. The Kier molecular flexibility index (Phi) is 4.12. The van der Waals surface area contributed by atoms with Crippen molar-refractivity contribution in [3.8, 4) is 0 Å². The summed E-state index contributed by atoms with van der Waals surface area (Å²) in [6, 6.07) is 9.70. The molecule has 0 fully saturated rings. The summed E-state index contributed by atoms with van der Waals surface area (Å²) in [6.45, 7) is 2.06. The van der Waals surface area contributed by atoms with Crippen molar-refractivity contribution in [1.29, 1.82) is 0 Å². The van der Waals surface area contributed by atoms with Crippen LogP contribution in [0.25, 0.3) is 0 Å². The van der Waals surface area contributed by atoms with Gasteiger partial charge in [-0.25, -0.2) is 4.63 Å². The number of carbonyl (C=O) groups excluding carboxylic acids is 1. The lowest BCUT2D eigenvalue weighted by atomic mass is 10.0. The van der Waals surface area contributed by atoms with Crippen molar-refractivity contribution < 1.29 is 9.42 Å². The molecule has 19 heavy (non-hydrogen) atoms. The average molecular weight is 260 g/mol. The Morgan fingerprint density at radius 2 is 2.11 bits per heavy atom. The van der Waals surface area contributed by atoms with Crippen LogP contribution in [-0.4, -0.2) is 16.2 Å². The molecule has 0 spiro atoms. The van der Waals surface area contributed by atoms with E-state index in [0.717, 1.165) is 18.4 Å². The normalized spacial score (nSPS) is 12.1.